The summed E-state index contributed by atoms with van der Waals surface area (Å²) < 4.78 is 11.2. The summed E-state index contributed by atoms with van der Waals surface area (Å²) in [6, 6.07) is 11.4. The van der Waals surface area contributed by atoms with Gasteiger partial charge in [-0.2, -0.15) is 10.2 Å². The van der Waals surface area contributed by atoms with Gasteiger partial charge in [-0.25, -0.2) is 0 Å². The Morgan fingerprint density at radius 2 is 2.15 bits per heavy atom. The Bertz CT molecular complexity index is 1230. The smallest absolute Gasteiger partial charge is 0.258 e. The lowest BCUT2D eigenvalue weighted by molar-refractivity contribution is -0.131. The molecule has 0 fully saturated rings. The van der Waals surface area contributed by atoms with E-state index in [-0.39, 0.29) is 12.0 Å². The van der Waals surface area contributed by atoms with Crippen molar-refractivity contribution in [2.45, 2.75) is 46.3 Å². The highest BCUT2D eigenvalue weighted by molar-refractivity contribution is 5.77. The van der Waals surface area contributed by atoms with Gasteiger partial charge >= 0.3 is 0 Å². The third-order valence-electron chi connectivity index (χ3n) is 5.78. The second-order valence-electron chi connectivity index (χ2n) is 8.39. The van der Waals surface area contributed by atoms with Crippen LogP contribution in [-0.2, 0) is 17.8 Å². The van der Waals surface area contributed by atoms with Crippen LogP contribution in [0, 0.1) is 18.3 Å². The van der Waals surface area contributed by atoms with E-state index in [1.807, 2.05) is 43.9 Å². The van der Waals surface area contributed by atoms with Crippen LogP contribution in [0.3, 0.4) is 0 Å². The molecule has 2 heterocycles. The molecule has 2 aromatic carbocycles. The second kappa shape index (κ2) is 9.43. The first kappa shape index (κ1) is 22.5. The molecule has 4 rings (SSSR count). The van der Waals surface area contributed by atoms with E-state index in [4.69, 9.17) is 15.0 Å². The van der Waals surface area contributed by atoms with Gasteiger partial charge in [0.05, 0.1) is 11.7 Å². The Hall–Kier alpha value is -3.70. The molecule has 1 amide bonds. The van der Waals surface area contributed by atoms with E-state index in [0.29, 0.717) is 54.6 Å². The van der Waals surface area contributed by atoms with E-state index < -0.39 is 0 Å². The predicted molar refractivity (Wildman–Crippen MR) is 123 cm³/mol. The predicted octanol–water partition coefficient (Wildman–Crippen LogP) is 3.60. The normalized spacial score (nSPS) is 13.0. The number of amides is 1. The maximum Gasteiger partial charge on any atom is 0.258 e. The fourth-order valence-electron chi connectivity index (χ4n) is 4.13. The minimum Gasteiger partial charge on any atom is -0.490 e. The van der Waals surface area contributed by atoms with Gasteiger partial charge in [0, 0.05) is 37.2 Å². The van der Waals surface area contributed by atoms with Crippen LogP contribution >= 0.6 is 0 Å². The van der Waals surface area contributed by atoms with Crippen LogP contribution in [0.5, 0.6) is 5.75 Å². The zero-order valence-electron chi connectivity index (χ0n) is 19.1. The molecule has 2 N–H and O–H groups in total. The van der Waals surface area contributed by atoms with Crippen molar-refractivity contribution in [3.63, 3.8) is 0 Å². The van der Waals surface area contributed by atoms with E-state index >= 15 is 0 Å². The molecule has 0 atom stereocenters. The average molecular weight is 446 g/mol. The minimum absolute atomic E-state index is 0.0317. The number of fused-ring (bicyclic) bond motifs is 1. The van der Waals surface area contributed by atoms with Gasteiger partial charge in [-0.1, -0.05) is 17.3 Å². The number of rotatable bonds is 6. The molecule has 8 heteroatoms. The van der Waals surface area contributed by atoms with Crippen molar-refractivity contribution in [1.82, 2.24) is 15.0 Å². The maximum absolute atomic E-state index is 12.2. The highest BCUT2D eigenvalue weighted by Gasteiger charge is 2.24. The molecule has 33 heavy (non-hydrogen) atoms. The standard InChI is InChI=1S/C25H27N5O3/c1-15(2)32-22-7-5-17(12-19(22)13-27)25-28-24(29-33-25)21-6-4-18-14-30(23(31)8-10-26)11-9-20(18)16(21)3/h4-7,12,15H,8-11,14,26H2,1-3H3. The second-order valence-corrected chi connectivity index (χ2v) is 8.39. The van der Waals surface area contributed by atoms with Crippen LogP contribution in [0.2, 0.25) is 0 Å². The largest absolute Gasteiger partial charge is 0.490 e. The molecule has 0 saturated heterocycles. The van der Waals surface area contributed by atoms with Crippen LogP contribution in [-0.4, -0.2) is 40.1 Å². The summed E-state index contributed by atoms with van der Waals surface area (Å²) >= 11 is 0. The number of carbonyl (C=O) groups excluding carboxylic acids is 1. The molecule has 0 saturated carbocycles. The van der Waals surface area contributed by atoms with Crippen LogP contribution in [0.15, 0.2) is 34.9 Å². The number of ether oxygens (including phenoxy) is 1. The summed E-state index contributed by atoms with van der Waals surface area (Å²) in [5.74, 6) is 1.45. The summed E-state index contributed by atoms with van der Waals surface area (Å²) in [6.45, 7) is 7.51. The zero-order chi connectivity index (χ0) is 23.5. The topological polar surface area (TPSA) is 118 Å². The van der Waals surface area contributed by atoms with Gasteiger partial charge in [0.15, 0.2) is 0 Å². The van der Waals surface area contributed by atoms with Crippen molar-refractivity contribution in [1.29, 1.82) is 5.26 Å². The summed E-state index contributed by atoms with van der Waals surface area (Å²) in [5, 5.41) is 13.7. The molecule has 0 spiro atoms. The monoisotopic (exact) mass is 445 g/mol. The fourth-order valence-corrected chi connectivity index (χ4v) is 4.13. The molecule has 1 aliphatic rings. The third-order valence-corrected chi connectivity index (χ3v) is 5.78. The van der Waals surface area contributed by atoms with Gasteiger partial charge in [0.2, 0.25) is 11.7 Å². The fraction of sp³-hybridized carbons (Fsp3) is 0.360. The van der Waals surface area contributed by atoms with Gasteiger partial charge in [-0.3, -0.25) is 4.79 Å². The van der Waals surface area contributed by atoms with Gasteiger partial charge in [-0.15, -0.1) is 0 Å². The number of nitrogens with zero attached hydrogens (tertiary/aromatic N) is 4. The Morgan fingerprint density at radius 1 is 1.33 bits per heavy atom. The molecule has 0 radical (unpaired) electrons. The van der Waals surface area contributed by atoms with E-state index in [1.54, 1.807) is 12.1 Å². The molecule has 0 bridgehead atoms. The van der Waals surface area contributed by atoms with E-state index in [0.717, 1.165) is 23.1 Å². The van der Waals surface area contributed by atoms with Crippen molar-refractivity contribution in [3.8, 4) is 34.7 Å². The van der Waals surface area contributed by atoms with Crippen LogP contribution in [0.4, 0.5) is 0 Å². The van der Waals surface area contributed by atoms with Crippen molar-refractivity contribution < 1.29 is 14.1 Å². The lowest BCUT2D eigenvalue weighted by Gasteiger charge is -2.30. The minimum atomic E-state index is -0.0317. The molecule has 0 aliphatic carbocycles. The van der Waals surface area contributed by atoms with Crippen molar-refractivity contribution in [2.24, 2.45) is 5.73 Å². The number of carbonyl (C=O) groups is 1. The first-order valence-corrected chi connectivity index (χ1v) is 11.1. The zero-order valence-corrected chi connectivity index (χ0v) is 19.1. The third kappa shape index (κ3) is 4.59. The van der Waals surface area contributed by atoms with Crippen molar-refractivity contribution in [3.05, 3.63) is 52.6 Å². The molecular weight excluding hydrogens is 418 g/mol. The summed E-state index contributed by atoms with van der Waals surface area (Å²) in [5.41, 5.74) is 10.9. The SMILES string of the molecule is Cc1c(-c2noc(-c3ccc(OC(C)C)c(C#N)c3)n2)ccc2c1CCN(C(=O)CCN)C2. The molecule has 170 valence electrons. The molecule has 0 unspecified atom stereocenters. The first-order chi connectivity index (χ1) is 15.9. The van der Waals surface area contributed by atoms with Crippen LogP contribution in [0.25, 0.3) is 22.8 Å². The lowest BCUT2D eigenvalue weighted by Crippen LogP contribution is -2.37. The molecule has 1 aliphatic heterocycles. The van der Waals surface area contributed by atoms with Crippen molar-refractivity contribution >= 4 is 5.91 Å². The lowest BCUT2D eigenvalue weighted by atomic mass is 9.91. The highest BCUT2D eigenvalue weighted by atomic mass is 16.5. The van der Waals surface area contributed by atoms with E-state index in [1.165, 1.54) is 5.56 Å². The van der Waals surface area contributed by atoms with Gasteiger partial charge < -0.3 is 19.9 Å². The molecule has 1 aromatic heterocycles. The van der Waals surface area contributed by atoms with Crippen molar-refractivity contribution in [2.75, 3.05) is 13.1 Å². The van der Waals surface area contributed by atoms with Gasteiger partial charge in [0.1, 0.15) is 11.8 Å². The first-order valence-electron chi connectivity index (χ1n) is 11.1. The van der Waals surface area contributed by atoms with E-state index in [2.05, 4.69) is 16.2 Å². The highest BCUT2D eigenvalue weighted by Crippen LogP contribution is 2.32. The Morgan fingerprint density at radius 3 is 2.88 bits per heavy atom. The molecule has 3 aromatic rings. The van der Waals surface area contributed by atoms with Crippen LogP contribution in [0.1, 0.15) is 42.5 Å². The average Bonchev–Trinajstić information content (AvgIpc) is 3.29. The summed E-state index contributed by atoms with van der Waals surface area (Å²) in [6.07, 6.45) is 1.12. The molecule has 8 nitrogen and oxygen atoms in total. The van der Waals surface area contributed by atoms with E-state index in [9.17, 15) is 10.1 Å². The number of benzene rings is 2. The Kier molecular flexibility index (Phi) is 6.43. The number of hydrogen-bond acceptors (Lipinski definition) is 7. The van der Waals surface area contributed by atoms with Gasteiger partial charge in [0.25, 0.3) is 5.89 Å². The summed E-state index contributed by atoms with van der Waals surface area (Å²) in [7, 11) is 0. The molecular formula is C25H27N5O3. The number of hydrogen-bond donors (Lipinski definition) is 1. The van der Waals surface area contributed by atoms with Crippen LogP contribution < -0.4 is 10.5 Å². The summed E-state index contributed by atoms with van der Waals surface area (Å²) in [4.78, 5) is 18.7. The quantitative estimate of drug-likeness (QED) is 0.616. The number of nitriles is 1. The number of aromatic nitrogens is 2. The Balaban J connectivity index is 1.60. The Labute approximate surface area is 193 Å². The number of nitrogens with two attached hydrogens (primary N) is 1. The van der Waals surface area contributed by atoms with Gasteiger partial charge in [-0.05, 0) is 62.1 Å². The maximum atomic E-state index is 12.2.